The second-order valence-electron chi connectivity index (χ2n) is 10.1. The summed E-state index contributed by atoms with van der Waals surface area (Å²) in [5.41, 5.74) is 3.37. The van der Waals surface area contributed by atoms with Gasteiger partial charge in [-0.3, -0.25) is 4.98 Å². The van der Waals surface area contributed by atoms with E-state index in [1.165, 1.54) is 15.9 Å². The zero-order valence-corrected chi connectivity index (χ0v) is 22.2. The van der Waals surface area contributed by atoms with E-state index in [0.29, 0.717) is 6.54 Å². The van der Waals surface area contributed by atoms with Crippen molar-refractivity contribution < 1.29 is 4.43 Å². The van der Waals surface area contributed by atoms with Crippen molar-refractivity contribution in [2.45, 2.75) is 45.4 Å². The third kappa shape index (κ3) is 5.79. The van der Waals surface area contributed by atoms with Gasteiger partial charge < -0.3 is 9.74 Å². The van der Waals surface area contributed by atoms with Gasteiger partial charge in [-0.1, -0.05) is 118 Å². The highest BCUT2D eigenvalue weighted by Crippen LogP contribution is 2.39. The number of nitrogens with one attached hydrogen (secondary N) is 1. The van der Waals surface area contributed by atoms with Crippen LogP contribution in [0.1, 0.15) is 43.7 Å². The molecule has 0 saturated carbocycles. The quantitative estimate of drug-likeness (QED) is 0.308. The molecular weight excluding hydrogens is 444 g/mol. The molecule has 1 heterocycles. The maximum absolute atomic E-state index is 7.48. The number of aryl methyl sites for hydroxylation is 1. The highest BCUT2D eigenvalue weighted by atomic mass is 28.4. The fourth-order valence-electron chi connectivity index (χ4n) is 4.75. The second kappa shape index (κ2) is 11.1. The van der Waals surface area contributed by atoms with Gasteiger partial charge >= 0.3 is 0 Å². The van der Waals surface area contributed by atoms with Crippen molar-refractivity contribution >= 4 is 18.7 Å². The van der Waals surface area contributed by atoms with Crippen LogP contribution in [0.5, 0.6) is 0 Å². The molecule has 0 aliphatic carbocycles. The highest BCUT2D eigenvalue weighted by molar-refractivity contribution is 6.99. The third-order valence-electron chi connectivity index (χ3n) is 6.54. The van der Waals surface area contributed by atoms with E-state index in [2.05, 4.69) is 134 Å². The molecule has 0 amide bonds. The summed E-state index contributed by atoms with van der Waals surface area (Å²) < 4.78 is 7.48. The molecule has 35 heavy (non-hydrogen) atoms. The minimum absolute atomic E-state index is 0.0918. The van der Waals surface area contributed by atoms with Gasteiger partial charge in [0.2, 0.25) is 0 Å². The van der Waals surface area contributed by atoms with E-state index in [1.807, 2.05) is 13.1 Å². The molecule has 0 fully saturated rings. The van der Waals surface area contributed by atoms with E-state index in [9.17, 15) is 0 Å². The first-order chi connectivity index (χ1) is 16.9. The van der Waals surface area contributed by atoms with Gasteiger partial charge in [0.25, 0.3) is 8.32 Å². The average molecular weight is 481 g/mol. The van der Waals surface area contributed by atoms with Gasteiger partial charge in [0, 0.05) is 25.0 Å². The van der Waals surface area contributed by atoms with E-state index in [-0.39, 0.29) is 11.1 Å². The average Bonchev–Trinajstić information content (AvgIpc) is 2.88. The fourth-order valence-corrected chi connectivity index (χ4v) is 9.41. The van der Waals surface area contributed by atoms with Crippen LogP contribution in [0, 0.1) is 6.92 Å². The molecule has 1 N–H and O–H groups in total. The number of nitrogens with zero attached hydrogens (tertiary/aromatic N) is 1. The van der Waals surface area contributed by atoms with Crippen LogP contribution >= 0.6 is 0 Å². The molecule has 0 radical (unpaired) electrons. The number of hydrogen-bond donors (Lipinski definition) is 1. The summed E-state index contributed by atoms with van der Waals surface area (Å²) >= 11 is 0. The van der Waals surface area contributed by atoms with Crippen molar-refractivity contribution in [1.29, 1.82) is 0 Å². The molecule has 0 aliphatic heterocycles. The summed E-state index contributed by atoms with van der Waals surface area (Å²) in [6.45, 7) is 10.5. The van der Waals surface area contributed by atoms with Crippen LogP contribution in [0.25, 0.3) is 0 Å². The van der Waals surface area contributed by atoms with Gasteiger partial charge in [-0.05, 0) is 39.5 Å². The first-order valence-electron chi connectivity index (χ1n) is 12.4. The van der Waals surface area contributed by atoms with Gasteiger partial charge in [-0.25, -0.2) is 0 Å². The molecule has 3 aromatic carbocycles. The summed E-state index contributed by atoms with van der Waals surface area (Å²) in [6, 6.07) is 36.4. The molecular formula is C31H36N2OSi. The van der Waals surface area contributed by atoms with Crippen molar-refractivity contribution in [3.8, 4) is 0 Å². The van der Waals surface area contributed by atoms with Crippen LogP contribution in [0.15, 0.2) is 109 Å². The second-order valence-corrected chi connectivity index (χ2v) is 14.4. The lowest BCUT2D eigenvalue weighted by atomic mass is 10.1. The van der Waals surface area contributed by atoms with E-state index in [0.717, 1.165) is 17.8 Å². The lowest BCUT2D eigenvalue weighted by Crippen LogP contribution is -2.67. The molecule has 0 saturated heterocycles. The van der Waals surface area contributed by atoms with E-state index in [1.54, 1.807) is 0 Å². The fraction of sp³-hybridized carbons (Fsp3) is 0.258. The minimum Gasteiger partial charge on any atom is -0.399 e. The Morgan fingerprint density at radius 2 is 1.31 bits per heavy atom. The first-order valence-corrected chi connectivity index (χ1v) is 14.3. The summed E-state index contributed by atoms with van der Waals surface area (Å²) in [4.78, 5) is 4.61. The Kier molecular flexibility index (Phi) is 7.96. The number of hydrogen-bond acceptors (Lipinski definition) is 3. The standard InChI is InChI=1S/C31H36N2OSi/c1-25-20-21-27(23-33-25)30(24-32-22-26-14-8-5-9-15-26)34-35(31(2,3)4,28-16-10-6-11-17-28)29-18-12-7-13-19-29/h5-21,23,30,32H,22,24H2,1-4H3. The summed E-state index contributed by atoms with van der Waals surface area (Å²) in [6.07, 6.45) is 1.83. The molecule has 0 spiro atoms. The molecule has 4 heteroatoms. The van der Waals surface area contributed by atoms with Crippen LogP contribution in [0.4, 0.5) is 0 Å². The molecule has 1 aromatic heterocycles. The van der Waals surface area contributed by atoms with Crippen molar-refractivity contribution in [3.63, 3.8) is 0 Å². The Morgan fingerprint density at radius 1 is 0.771 bits per heavy atom. The number of pyridine rings is 1. The zero-order chi connectivity index (χ0) is 24.7. The van der Waals surface area contributed by atoms with Crippen LogP contribution < -0.4 is 15.7 Å². The van der Waals surface area contributed by atoms with Crippen molar-refractivity contribution in [3.05, 3.63) is 126 Å². The Hall–Kier alpha value is -3.05. The lowest BCUT2D eigenvalue weighted by molar-refractivity contribution is 0.186. The molecule has 4 rings (SSSR count). The molecule has 3 nitrogen and oxygen atoms in total. The van der Waals surface area contributed by atoms with E-state index >= 15 is 0 Å². The maximum Gasteiger partial charge on any atom is 0.261 e. The molecule has 1 atom stereocenters. The van der Waals surface area contributed by atoms with Gasteiger partial charge in [-0.15, -0.1) is 0 Å². The largest absolute Gasteiger partial charge is 0.399 e. The molecule has 0 aliphatic rings. The Labute approximate surface area is 211 Å². The van der Waals surface area contributed by atoms with Gasteiger partial charge in [0.15, 0.2) is 0 Å². The maximum atomic E-state index is 7.48. The lowest BCUT2D eigenvalue weighted by Gasteiger charge is -2.45. The van der Waals surface area contributed by atoms with Gasteiger partial charge in [-0.2, -0.15) is 0 Å². The summed E-state index contributed by atoms with van der Waals surface area (Å²) in [7, 11) is -2.71. The van der Waals surface area contributed by atoms with Crippen molar-refractivity contribution in [2.24, 2.45) is 0 Å². The van der Waals surface area contributed by atoms with Crippen LogP contribution in [0.3, 0.4) is 0 Å². The molecule has 180 valence electrons. The smallest absolute Gasteiger partial charge is 0.261 e. The highest BCUT2D eigenvalue weighted by Gasteiger charge is 2.51. The number of rotatable bonds is 9. The SMILES string of the molecule is Cc1ccc(C(CNCc2ccccc2)O[Si](c2ccccc2)(c2ccccc2)C(C)(C)C)cn1. The Balaban J connectivity index is 1.76. The van der Waals surface area contributed by atoms with Crippen LogP contribution in [0.2, 0.25) is 5.04 Å². The summed E-state index contributed by atoms with van der Waals surface area (Å²) in [5, 5.41) is 6.14. The summed E-state index contributed by atoms with van der Waals surface area (Å²) in [5.74, 6) is 0. The Morgan fingerprint density at radius 3 is 1.80 bits per heavy atom. The normalized spacial score (nSPS) is 12.9. The monoisotopic (exact) mass is 480 g/mol. The first kappa shape index (κ1) is 25.1. The van der Waals surface area contributed by atoms with Crippen LogP contribution in [-0.2, 0) is 11.0 Å². The molecule has 4 aromatic rings. The molecule has 1 unspecified atom stereocenters. The van der Waals surface area contributed by atoms with Crippen molar-refractivity contribution in [2.75, 3.05) is 6.54 Å². The predicted molar refractivity (Wildman–Crippen MR) is 149 cm³/mol. The van der Waals surface area contributed by atoms with Crippen LogP contribution in [-0.4, -0.2) is 19.8 Å². The Bertz CT molecular complexity index is 1130. The zero-order valence-electron chi connectivity index (χ0n) is 21.2. The third-order valence-corrected chi connectivity index (χ3v) is 11.6. The van der Waals surface area contributed by atoms with Gasteiger partial charge in [0.1, 0.15) is 0 Å². The van der Waals surface area contributed by atoms with E-state index in [4.69, 9.17) is 4.43 Å². The topological polar surface area (TPSA) is 34.1 Å². The minimum atomic E-state index is -2.71. The number of benzene rings is 3. The number of aromatic nitrogens is 1. The van der Waals surface area contributed by atoms with E-state index < -0.39 is 8.32 Å². The predicted octanol–water partition coefficient (Wildman–Crippen LogP) is 5.80. The van der Waals surface area contributed by atoms with Gasteiger partial charge in [0.05, 0.1) is 6.10 Å². The van der Waals surface area contributed by atoms with Crippen molar-refractivity contribution in [1.82, 2.24) is 10.3 Å². The molecule has 0 bridgehead atoms.